The Bertz CT molecular complexity index is 1030. The van der Waals surface area contributed by atoms with E-state index in [9.17, 15) is 9.59 Å². The van der Waals surface area contributed by atoms with Gasteiger partial charge < -0.3 is 9.47 Å². The Labute approximate surface area is 179 Å². The Morgan fingerprint density at radius 3 is 2.06 bits per heavy atom. The van der Waals surface area contributed by atoms with E-state index >= 15 is 0 Å². The molecule has 4 rings (SSSR count). The fourth-order valence-corrected chi connectivity index (χ4v) is 3.22. The fraction of sp³-hybridized carbons (Fsp3) is 0.318. The summed E-state index contributed by atoms with van der Waals surface area (Å²) < 4.78 is 11.2. The number of imide groups is 1. The third kappa shape index (κ3) is 4.71. The number of aromatic nitrogens is 4. The molecule has 9 nitrogen and oxygen atoms in total. The highest BCUT2D eigenvalue weighted by Crippen LogP contribution is 2.22. The van der Waals surface area contributed by atoms with E-state index < -0.39 is 0 Å². The SMILES string of the molecule is CCCOc1ccc(OCCn2nnc(CCN3C(=O)c4ccccc4C3=O)n2)cc1. The van der Waals surface area contributed by atoms with Gasteiger partial charge in [-0.1, -0.05) is 19.1 Å². The van der Waals surface area contributed by atoms with Crippen LogP contribution in [0.1, 0.15) is 39.9 Å². The van der Waals surface area contributed by atoms with E-state index in [1.54, 1.807) is 24.3 Å². The Morgan fingerprint density at radius 2 is 1.45 bits per heavy atom. The molecular formula is C22H23N5O4. The van der Waals surface area contributed by atoms with Gasteiger partial charge in [-0.3, -0.25) is 14.5 Å². The lowest BCUT2D eigenvalue weighted by Crippen LogP contribution is -2.32. The minimum Gasteiger partial charge on any atom is -0.494 e. The molecular weight excluding hydrogens is 398 g/mol. The summed E-state index contributed by atoms with van der Waals surface area (Å²) in [6.07, 6.45) is 1.30. The molecule has 0 atom stereocenters. The second-order valence-corrected chi connectivity index (χ2v) is 7.03. The first kappa shape index (κ1) is 20.5. The van der Waals surface area contributed by atoms with Crippen LogP contribution in [0.5, 0.6) is 11.5 Å². The summed E-state index contributed by atoms with van der Waals surface area (Å²) in [5, 5.41) is 12.3. The zero-order valence-corrected chi connectivity index (χ0v) is 17.2. The van der Waals surface area contributed by atoms with Crippen molar-refractivity contribution in [1.82, 2.24) is 25.1 Å². The van der Waals surface area contributed by atoms with Crippen molar-refractivity contribution in [3.05, 3.63) is 65.5 Å². The van der Waals surface area contributed by atoms with Gasteiger partial charge in [0.1, 0.15) is 18.1 Å². The summed E-state index contributed by atoms with van der Waals surface area (Å²) in [5.41, 5.74) is 0.873. The van der Waals surface area contributed by atoms with E-state index in [0.29, 0.717) is 43.1 Å². The molecule has 0 spiro atoms. The van der Waals surface area contributed by atoms with Crippen LogP contribution in [0, 0.1) is 0 Å². The average molecular weight is 421 g/mol. The summed E-state index contributed by atoms with van der Waals surface area (Å²) >= 11 is 0. The van der Waals surface area contributed by atoms with Gasteiger partial charge in [0.15, 0.2) is 5.82 Å². The highest BCUT2D eigenvalue weighted by atomic mass is 16.5. The molecule has 3 aromatic rings. The minimum atomic E-state index is -0.285. The molecule has 9 heteroatoms. The highest BCUT2D eigenvalue weighted by molar-refractivity contribution is 6.21. The largest absolute Gasteiger partial charge is 0.494 e. The molecule has 2 heterocycles. The molecule has 2 amide bonds. The zero-order valence-electron chi connectivity index (χ0n) is 17.2. The minimum absolute atomic E-state index is 0.209. The Morgan fingerprint density at radius 1 is 0.839 bits per heavy atom. The molecule has 0 unspecified atom stereocenters. The van der Waals surface area contributed by atoms with Gasteiger partial charge in [-0.05, 0) is 48.0 Å². The summed E-state index contributed by atoms with van der Waals surface area (Å²) in [7, 11) is 0. The van der Waals surface area contributed by atoms with Crippen LogP contribution >= 0.6 is 0 Å². The van der Waals surface area contributed by atoms with Crippen LogP contribution in [0.2, 0.25) is 0 Å². The Balaban J connectivity index is 1.24. The number of carbonyl (C=O) groups is 2. The number of nitrogens with zero attached hydrogens (tertiary/aromatic N) is 5. The molecule has 0 aliphatic carbocycles. The third-order valence-electron chi connectivity index (χ3n) is 4.79. The molecule has 0 radical (unpaired) electrons. The van der Waals surface area contributed by atoms with Crippen molar-refractivity contribution >= 4 is 11.8 Å². The van der Waals surface area contributed by atoms with Crippen molar-refractivity contribution in [3.63, 3.8) is 0 Å². The van der Waals surface area contributed by atoms with Gasteiger partial charge in [0.05, 0.1) is 24.3 Å². The van der Waals surface area contributed by atoms with E-state index in [1.165, 1.54) is 9.70 Å². The monoisotopic (exact) mass is 421 g/mol. The van der Waals surface area contributed by atoms with Crippen LogP contribution in [-0.2, 0) is 13.0 Å². The van der Waals surface area contributed by atoms with Crippen LogP contribution in [0.3, 0.4) is 0 Å². The molecule has 0 saturated carbocycles. The third-order valence-corrected chi connectivity index (χ3v) is 4.79. The standard InChI is InChI=1S/C22H23N5O4/c1-2-14-30-16-7-9-17(10-8-16)31-15-13-27-24-20(23-25-27)11-12-26-21(28)18-5-3-4-6-19(18)22(26)29/h3-10H,2,11-15H2,1H3. The number of fused-ring (bicyclic) bond motifs is 1. The summed E-state index contributed by atoms with van der Waals surface area (Å²) in [6, 6.07) is 14.3. The molecule has 1 aromatic heterocycles. The van der Waals surface area contributed by atoms with Gasteiger partial charge in [-0.25, -0.2) is 0 Å². The van der Waals surface area contributed by atoms with Crippen LogP contribution in [0.4, 0.5) is 0 Å². The predicted molar refractivity (Wildman–Crippen MR) is 111 cm³/mol. The molecule has 2 aromatic carbocycles. The van der Waals surface area contributed by atoms with E-state index in [4.69, 9.17) is 9.47 Å². The van der Waals surface area contributed by atoms with Gasteiger partial charge in [0, 0.05) is 13.0 Å². The molecule has 0 fully saturated rings. The lowest BCUT2D eigenvalue weighted by Gasteiger charge is -2.11. The summed E-state index contributed by atoms with van der Waals surface area (Å²) in [6.45, 7) is 3.76. The first-order chi connectivity index (χ1) is 15.2. The van der Waals surface area contributed by atoms with Crippen LogP contribution in [0.15, 0.2) is 48.5 Å². The van der Waals surface area contributed by atoms with Crippen LogP contribution < -0.4 is 9.47 Å². The average Bonchev–Trinajstić information content (AvgIpc) is 3.35. The quantitative estimate of drug-likeness (QED) is 0.463. The van der Waals surface area contributed by atoms with E-state index in [1.807, 2.05) is 24.3 Å². The number of tetrazole rings is 1. The zero-order chi connectivity index (χ0) is 21.6. The predicted octanol–water partition coefficient (Wildman–Crippen LogP) is 2.38. The van der Waals surface area contributed by atoms with Crippen molar-refractivity contribution in [1.29, 1.82) is 0 Å². The topological polar surface area (TPSA) is 99.4 Å². The van der Waals surface area contributed by atoms with Crippen molar-refractivity contribution in [2.75, 3.05) is 19.8 Å². The van der Waals surface area contributed by atoms with Gasteiger partial charge >= 0.3 is 0 Å². The number of hydrogen-bond acceptors (Lipinski definition) is 7. The number of rotatable bonds is 10. The number of benzene rings is 2. The molecule has 0 bridgehead atoms. The van der Waals surface area contributed by atoms with Gasteiger partial charge in [-0.2, -0.15) is 4.80 Å². The first-order valence-electron chi connectivity index (χ1n) is 10.2. The number of hydrogen-bond donors (Lipinski definition) is 0. The smallest absolute Gasteiger partial charge is 0.261 e. The molecule has 1 aliphatic heterocycles. The summed E-state index contributed by atoms with van der Waals surface area (Å²) in [4.78, 5) is 27.5. The van der Waals surface area contributed by atoms with Crippen molar-refractivity contribution in [2.45, 2.75) is 26.3 Å². The van der Waals surface area contributed by atoms with Crippen LogP contribution in [0.25, 0.3) is 0 Å². The lowest BCUT2D eigenvalue weighted by molar-refractivity contribution is 0.0655. The van der Waals surface area contributed by atoms with E-state index in [-0.39, 0.29) is 18.4 Å². The van der Waals surface area contributed by atoms with E-state index in [0.717, 1.165) is 17.9 Å². The van der Waals surface area contributed by atoms with Crippen molar-refractivity contribution in [2.24, 2.45) is 0 Å². The maximum atomic E-state index is 12.4. The first-order valence-corrected chi connectivity index (χ1v) is 10.2. The highest BCUT2D eigenvalue weighted by Gasteiger charge is 2.34. The molecule has 0 saturated heterocycles. The fourth-order valence-electron chi connectivity index (χ4n) is 3.22. The van der Waals surface area contributed by atoms with E-state index in [2.05, 4.69) is 22.3 Å². The van der Waals surface area contributed by atoms with Crippen molar-refractivity contribution < 1.29 is 19.1 Å². The molecule has 1 aliphatic rings. The van der Waals surface area contributed by atoms with Crippen molar-refractivity contribution in [3.8, 4) is 11.5 Å². The normalized spacial score (nSPS) is 12.9. The lowest BCUT2D eigenvalue weighted by atomic mass is 10.1. The number of carbonyl (C=O) groups excluding carboxylic acids is 2. The summed E-state index contributed by atoms with van der Waals surface area (Å²) in [5.74, 6) is 1.44. The second kappa shape index (κ2) is 9.38. The second-order valence-electron chi connectivity index (χ2n) is 7.03. The maximum Gasteiger partial charge on any atom is 0.261 e. The molecule has 31 heavy (non-hydrogen) atoms. The Hall–Kier alpha value is -3.75. The van der Waals surface area contributed by atoms with Crippen LogP contribution in [-0.4, -0.2) is 56.7 Å². The number of ether oxygens (including phenoxy) is 2. The number of amides is 2. The Kier molecular flexibility index (Phi) is 6.21. The maximum absolute atomic E-state index is 12.4. The van der Waals surface area contributed by atoms with Gasteiger partial charge in [-0.15, -0.1) is 10.2 Å². The molecule has 0 N–H and O–H groups in total. The molecule has 160 valence electrons. The van der Waals surface area contributed by atoms with Gasteiger partial charge in [0.25, 0.3) is 11.8 Å². The van der Waals surface area contributed by atoms with Gasteiger partial charge in [0.2, 0.25) is 0 Å².